The summed E-state index contributed by atoms with van der Waals surface area (Å²) >= 11 is -0.0197. The fourth-order valence-electron chi connectivity index (χ4n) is 6.06. The summed E-state index contributed by atoms with van der Waals surface area (Å²) in [6, 6.07) is 18.7. The Kier molecular flexibility index (Phi) is 11.1. The molecule has 0 radical (unpaired) electrons. The zero-order valence-corrected chi connectivity index (χ0v) is 28.5. The van der Waals surface area contributed by atoms with Gasteiger partial charge >= 0.3 is 119 Å². The second-order valence-electron chi connectivity index (χ2n) is 11.4. The predicted molar refractivity (Wildman–Crippen MR) is 177 cm³/mol. The van der Waals surface area contributed by atoms with Crippen LogP contribution < -0.4 is 14.4 Å². The van der Waals surface area contributed by atoms with E-state index in [1.165, 1.54) is 43.5 Å². The minimum atomic E-state index is -4.83. The number of hydrogen-bond acceptors (Lipinski definition) is 7. The van der Waals surface area contributed by atoms with Crippen molar-refractivity contribution in [2.75, 3.05) is 23.3 Å². The number of ether oxygens (including phenoxy) is 2. The van der Waals surface area contributed by atoms with E-state index < -0.39 is 40.2 Å². The molecular weight excluding hydrogens is 714 g/mol. The fourth-order valence-corrected chi connectivity index (χ4v) is 8.97. The minimum absolute atomic E-state index is 0.0197. The van der Waals surface area contributed by atoms with E-state index in [0.29, 0.717) is 45.1 Å². The van der Waals surface area contributed by atoms with Crippen molar-refractivity contribution in [1.29, 1.82) is 5.26 Å². The number of alkyl halides is 3. The molecule has 2 N–H and O–H groups in total. The van der Waals surface area contributed by atoms with Gasteiger partial charge in [0.25, 0.3) is 0 Å². The van der Waals surface area contributed by atoms with E-state index in [0.717, 1.165) is 18.2 Å². The smallest absolute Gasteiger partial charge is 0.115 e. The number of halogens is 3. The number of unbranched alkanes of at least 4 members (excludes halogenated alkanes) is 2. The van der Waals surface area contributed by atoms with Gasteiger partial charge in [0.05, 0.1) is 18.9 Å². The molecule has 3 unspecified atom stereocenters. The Morgan fingerprint density at radius 2 is 1.75 bits per heavy atom. The number of sulfonamides is 1. The van der Waals surface area contributed by atoms with Crippen molar-refractivity contribution in [3.05, 3.63) is 83.9 Å². The van der Waals surface area contributed by atoms with Crippen LogP contribution in [0.25, 0.3) is 11.1 Å². The maximum Gasteiger partial charge on any atom is 0.115 e. The van der Waals surface area contributed by atoms with Crippen molar-refractivity contribution in [2.45, 2.75) is 61.1 Å². The van der Waals surface area contributed by atoms with E-state index in [4.69, 9.17) is 14.7 Å². The van der Waals surface area contributed by atoms with Gasteiger partial charge in [0, 0.05) is 6.07 Å². The quantitative estimate of drug-likeness (QED) is 0.145. The summed E-state index contributed by atoms with van der Waals surface area (Å²) in [6.07, 6.45) is -3.94. The molecule has 0 aromatic heterocycles. The maximum atomic E-state index is 14.2. The van der Waals surface area contributed by atoms with Crippen LogP contribution in [0.15, 0.2) is 72.8 Å². The van der Waals surface area contributed by atoms with E-state index in [9.17, 15) is 31.5 Å². The van der Waals surface area contributed by atoms with Crippen LogP contribution in [0.3, 0.4) is 0 Å². The Bertz CT molecular complexity index is 1790. The SMILES string of the molecule is COc1cccc(N(CC(F)(F)F)S(=O)(=O)C2CC3OC2C(c2ccc(NC(=O)CCCCC[Se]C#N)cc2)=C3c2ccc(O)cc2)c1. The van der Waals surface area contributed by atoms with Crippen LogP contribution >= 0.6 is 0 Å². The first-order valence-corrected chi connectivity index (χ1v) is 18.8. The molecule has 5 rings (SSSR count). The molecule has 254 valence electrons. The van der Waals surface area contributed by atoms with Gasteiger partial charge in [-0.15, -0.1) is 0 Å². The van der Waals surface area contributed by atoms with Crippen LogP contribution in [0, 0.1) is 10.2 Å². The number of fused-ring (bicyclic) bond motifs is 2. The molecule has 2 aliphatic heterocycles. The molecule has 2 heterocycles. The number of phenols is 1. The van der Waals surface area contributed by atoms with Gasteiger partial charge in [-0.25, -0.2) is 8.42 Å². The van der Waals surface area contributed by atoms with Crippen molar-refractivity contribution >= 4 is 53.4 Å². The first-order valence-electron chi connectivity index (χ1n) is 15.2. The molecule has 48 heavy (non-hydrogen) atoms. The topological polar surface area (TPSA) is 129 Å². The summed E-state index contributed by atoms with van der Waals surface area (Å²) in [4.78, 5) is 14.7. The van der Waals surface area contributed by atoms with Gasteiger partial charge < -0.3 is 14.6 Å². The number of rotatable bonds is 14. The Morgan fingerprint density at radius 1 is 1.06 bits per heavy atom. The number of carbonyl (C=O) groups excluding carboxylic acids is 1. The molecule has 3 aromatic rings. The largest absolute Gasteiger partial charge is 0.508 e. The molecule has 2 bridgehead atoms. The third kappa shape index (κ3) is 8.15. The third-order valence-corrected chi connectivity index (χ3v) is 11.7. The number of phenolic OH excluding ortho intramolecular Hbond substituents is 1. The summed E-state index contributed by atoms with van der Waals surface area (Å²) in [6.45, 7) is -1.73. The van der Waals surface area contributed by atoms with Crippen LogP contribution in [-0.4, -0.2) is 71.7 Å². The summed E-state index contributed by atoms with van der Waals surface area (Å²) in [5, 5.41) is 21.0. The van der Waals surface area contributed by atoms with E-state index in [1.807, 2.05) is 0 Å². The molecule has 2 aliphatic rings. The number of methoxy groups -OCH3 is 1. The van der Waals surface area contributed by atoms with Gasteiger partial charge in [-0.3, -0.25) is 4.31 Å². The van der Waals surface area contributed by atoms with Crippen LogP contribution in [-0.2, 0) is 19.6 Å². The van der Waals surface area contributed by atoms with Crippen molar-refractivity contribution in [2.24, 2.45) is 0 Å². The van der Waals surface area contributed by atoms with Crippen molar-refractivity contribution in [3.8, 4) is 16.5 Å². The number of benzene rings is 3. The molecule has 0 aliphatic carbocycles. The molecule has 3 aromatic carbocycles. The Balaban J connectivity index is 1.45. The van der Waals surface area contributed by atoms with Crippen LogP contribution in [0.5, 0.6) is 11.5 Å². The average Bonchev–Trinajstić information content (AvgIpc) is 3.66. The van der Waals surface area contributed by atoms with Crippen molar-refractivity contribution < 1.29 is 41.0 Å². The van der Waals surface area contributed by atoms with Gasteiger partial charge in [-0.05, 0) is 41.8 Å². The van der Waals surface area contributed by atoms with E-state index >= 15 is 0 Å². The minimum Gasteiger partial charge on any atom is -0.508 e. The van der Waals surface area contributed by atoms with Crippen molar-refractivity contribution in [3.63, 3.8) is 0 Å². The summed E-state index contributed by atoms with van der Waals surface area (Å²) in [7, 11) is -3.31. The first-order chi connectivity index (χ1) is 22.9. The Morgan fingerprint density at radius 3 is 2.42 bits per heavy atom. The predicted octanol–water partition coefficient (Wildman–Crippen LogP) is 6.35. The zero-order chi connectivity index (χ0) is 34.5. The number of amides is 1. The molecule has 1 amide bonds. The Hall–Kier alpha value is -4.02. The van der Waals surface area contributed by atoms with Gasteiger partial charge in [0.2, 0.25) is 10.0 Å². The van der Waals surface area contributed by atoms with Crippen LogP contribution in [0.1, 0.15) is 43.2 Å². The average molecular weight is 749 g/mol. The van der Waals surface area contributed by atoms with E-state index in [1.54, 1.807) is 36.4 Å². The third-order valence-electron chi connectivity index (χ3n) is 8.22. The second-order valence-corrected chi connectivity index (χ2v) is 15.4. The Labute approximate surface area is 283 Å². The number of hydrogen-bond donors (Lipinski definition) is 2. The summed E-state index contributed by atoms with van der Waals surface area (Å²) < 4.78 is 81.7. The number of anilines is 2. The van der Waals surface area contributed by atoms with Crippen molar-refractivity contribution in [1.82, 2.24) is 0 Å². The standard InChI is InChI=1S/C34H34F3N3O6SSe/c1-45-27-7-5-6-25(18-27)40(20-34(35,36)37)47(43,44)29-19-28-31(22-11-15-26(41)16-12-22)32(33(29)46-28)23-9-13-24(14-10-23)39-30(42)8-3-2-4-17-48-21-38/h5-7,9-16,18,28-29,33,41H,2-4,8,17,19-20H2,1H3,(H,39,42). The molecular formula is C34H34F3N3O6SSe. The number of nitrogens with one attached hydrogen (secondary N) is 1. The fraction of sp³-hybridized carbons (Fsp3) is 0.353. The monoisotopic (exact) mass is 749 g/mol. The van der Waals surface area contributed by atoms with Gasteiger partial charge in [-0.1, -0.05) is 18.2 Å². The van der Waals surface area contributed by atoms with Gasteiger partial charge in [-0.2, -0.15) is 13.2 Å². The van der Waals surface area contributed by atoms with Gasteiger partial charge in [0.15, 0.2) is 0 Å². The van der Waals surface area contributed by atoms with Crippen LogP contribution in [0.2, 0.25) is 5.32 Å². The maximum absolute atomic E-state index is 14.2. The van der Waals surface area contributed by atoms with E-state index in [-0.39, 0.29) is 44.5 Å². The summed E-state index contributed by atoms with van der Waals surface area (Å²) in [5.41, 5.74) is 2.82. The number of aromatic hydroxyl groups is 1. The molecule has 14 heteroatoms. The normalized spacial score (nSPS) is 18.9. The molecule has 1 fully saturated rings. The first kappa shape index (κ1) is 35.3. The van der Waals surface area contributed by atoms with E-state index in [2.05, 4.69) is 10.3 Å². The number of nitrogens with zero attached hydrogens (tertiary/aromatic N) is 2. The zero-order valence-electron chi connectivity index (χ0n) is 25.9. The molecule has 0 spiro atoms. The molecule has 9 nitrogen and oxygen atoms in total. The summed E-state index contributed by atoms with van der Waals surface area (Å²) in [5.74, 6) is 0.0848. The molecule has 0 saturated carbocycles. The number of carbonyl (C=O) groups is 1. The second kappa shape index (κ2) is 15.0. The van der Waals surface area contributed by atoms with Gasteiger partial charge in [0.1, 0.15) is 29.4 Å². The van der Waals surface area contributed by atoms with Crippen LogP contribution in [0.4, 0.5) is 24.5 Å². The molecule has 3 atom stereocenters. The number of nitriles is 1. The molecule has 1 saturated heterocycles.